The lowest BCUT2D eigenvalue weighted by Gasteiger charge is -2.15. The van der Waals surface area contributed by atoms with Gasteiger partial charge in [0, 0.05) is 18.5 Å². The minimum atomic E-state index is -0.538. The Balaban J connectivity index is 1.71. The van der Waals surface area contributed by atoms with Crippen molar-refractivity contribution < 1.29 is 13.9 Å². The summed E-state index contributed by atoms with van der Waals surface area (Å²) in [5, 5.41) is 0. The molecule has 0 saturated heterocycles. The lowest BCUT2D eigenvalue weighted by Crippen LogP contribution is -2.19. The maximum absolute atomic E-state index is 14.4. The summed E-state index contributed by atoms with van der Waals surface area (Å²) in [7, 11) is 7.75. The van der Waals surface area contributed by atoms with E-state index in [0.717, 1.165) is 38.8 Å². The van der Waals surface area contributed by atoms with Gasteiger partial charge in [0.05, 0.1) is 12.2 Å². The number of rotatable bonds is 12. The van der Waals surface area contributed by atoms with Gasteiger partial charge in [0.15, 0.2) is 5.78 Å². The monoisotopic (exact) mass is 381 g/mol. The van der Waals surface area contributed by atoms with Gasteiger partial charge in [-0.1, -0.05) is 37.1 Å². The molecule has 0 amide bonds. The van der Waals surface area contributed by atoms with Gasteiger partial charge >= 0.3 is 0 Å². The van der Waals surface area contributed by atoms with Crippen LogP contribution in [0.4, 0.5) is 4.39 Å². The van der Waals surface area contributed by atoms with Gasteiger partial charge in [-0.3, -0.25) is 4.79 Å². The quantitative estimate of drug-likeness (QED) is 0.228. The van der Waals surface area contributed by atoms with Gasteiger partial charge in [-0.15, -0.1) is 12.1 Å². The van der Waals surface area contributed by atoms with Crippen molar-refractivity contribution in [2.45, 2.75) is 32.1 Å². The molecule has 1 aliphatic carbocycles. The van der Waals surface area contributed by atoms with Crippen LogP contribution in [0.15, 0.2) is 54.6 Å². The van der Waals surface area contributed by atoms with Crippen LogP contribution in [0.1, 0.15) is 42.5 Å². The fourth-order valence-corrected chi connectivity index (χ4v) is 3.16. The number of ketones is 1. The van der Waals surface area contributed by atoms with Crippen molar-refractivity contribution in [1.29, 1.82) is 0 Å². The van der Waals surface area contributed by atoms with E-state index in [1.165, 1.54) is 12.1 Å². The zero-order valence-corrected chi connectivity index (χ0v) is 16.7. The van der Waals surface area contributed by atoms with Crippen LogP contribution in [0.25, 0.3) is 0 Å². The Kier molecular flexibility index (Phi) is 9.22. The number of unbranched alkanes of at least 4 members (excludes halogenated alkanes) is 3. The summed E-state index contributed by atoms with van der Waals surface area (Å²) in [5.41, 5.74) is 0.733. The summed E-state index contributed by atoms with van der Waals surface area (Å²) in [6.07, 6.45) is 11.9. The van der Waals surface area contributed by atoms with Crippen LogP contribution in [-0.4, -0.2) is 45.3 Å². The molecule has 1 aromatic carbocycles. The average molecular weight is 381 g/mol. The van der Waals surface area contributed by atoms with Crippen LogP contribution in [0.2, 0.25) is 0 Å². The summed E-state index contributed by atoms with van der Waals surface area (Å²) in [6, 6.07) is 4.48. The molecule has 1 aliphatic rings. The third-order valence-corrected chi connectivity index (χ3v) is 4.81. The molecule has 1 unspecified atom stereocenters. The third kappa shape index (κ3) is 7.12. The number of ether oxygens (including phenoxy) is 1. The van der Waals surface area contributed by atoms with E-state index in [-0.39, 0.29) is 17.3 Å². The highest BCUT2D eigenvalue weighted by atomic mass is 19.1. The standard InChI is InChI=1S/C23H29BFNO2/c1-3-14-26(2)15-6-4-5-7-16-28-20-12-13-21(22(25)17-20)23(27)18-8-10-19(24)11-9-18/h3,8,10-13,17-18H,1,4-7,9,14-16H2,2H3. The summed E-state index contributed by atoms with van der Waals surface area (Å²) in [5.74, 6) is -0.670. The van der Waals surface area contributed by atoms with Crippen molar-refractivity contribution in [2.24, 2.45) is 5.92 Å². The van der Waals surface area contributed by atoms with E-state index in [1.54, 1.807) is 24.3 Å². The highest BCUT2D eigenvalue weighted by Crippen LogP contribution is 2.24. The third-order valence-electron chi connectivity index (χ3n) is 4.81. The Morgan fingerprint density at radius 3 is 2.82 bits per heavy atom. The molecular formula is C23H29BFNO2. The summed E-state index contributed by atoms with van der Waals surface area (Å²) >= 11 is 0. The SMILES string of the molecule is [B]C1=CCC(C(=O)c2ccc(OCCCCCCN(C)CC=C)cc2F)C=C1. The van der Waals surface area contributed by atoms with Crippen molar-refractivity contribution >= 4 is 13.6 Å². The Morgan fingerprint density at radius 1 is 1.36 bits per heavy atom. The number of allylic oxidation sites excluding steroid dienone is 4. The molecule has 0 saturated carbocycles. The second kappa shape index (κ2) is 11.7. The Morgan fingerprint density at radius 2 is 2.14 bits per heavy atom. The topological polar surface area (TPSA) is 29.5 Å². The van der Waals surface area contributed by atoms with Crippen molar-refractivity contribution in [3.05, 3.63) is 65.9 Å². The molecule has 0 heterocycles. The number of hydrogen-bond acceptors (Lipinski definition) is 3. The molecule has 3 nitrogen and oxygen atoms in total. The largest absolute Gasteiger partial charge is 0.493 e. The summed E-state index contributed by atoms with van der Waals surface area (Å²) in [4.78, 5) is 14.7. The number of hydrogen-bond donors (Lipinski definition) is 0. The van der Waals surface area contributed by atoms with Crippen molar-refractivity contribution in [2.75, 3.05) is 26.7 Å². The predicted molar refractivity (Wildman–Crippen MR) is 113 cm³/mol. The maximum Gasteiger partial charge on any atom is 0.172 e. The number of benzene rings is 1. The summed E-state index contributed by atoms with van der Waals surface area (Å²) < 4.78 is 20.0. The normalized spacial score (nSPS) is 16.1. The van der Waals surface area contributed by atoms with Crippen LogP contribution < -0.4 is 4.74 Å². The number of carbonyl (C=O) groups is 1. The first kappa shape index (κ1) is 22.2. The van der Waals surface area contributed by atoms with Gasteiger partial charge in [0.1, 0.15) is 19.4 Å². The molecule has 0 spiro atoms. The van der Waals surface area contributed by atoms with E-state index >= 15 is 0 Å². The van der Waals surface area contributed by atoms with Crippen LogP contribution in [0.5, 0.6) is 5.75 Å². The van der Waals surface area contributed by atoms with Gasteiger partial charge in [0.25, 0.3) is 0 Å². The number of halogens is 1. The fraction of sp³-hybridized carbons (Fsp3) is 0.435. The van der Waals surface area contributed by atoms with Crippen LogP contribution in [0.3, 0.4) is 0 Å². The second-order valence-corrected chi connectivity index (χ2v) is 7.22. The number of Topliss-reactive ketones (excluding diaryl/α,β-unsaturated/α-hetero) is 1. The van der Waals surface area contributed by atoms with Gasteiger partial charge in [-0.05, 0) is 45.0 Å². The first-order valence-corrected chi connectivity index (χ1v) is 9.91. The zero-order chi connectivity index (χ0) is 20.4. The van der Waals surface area contributed by atoms with Gasteiger partial charge < -0.3 is 9.64 Å². The van der Waals surface area contributed by atoms with E-state index in [1.807, 2.05) is 6.08 Å². The average Bonchev–Trinajstić information content (AvgIpc) is 2.67. The molecule has 0 bridgehead atoms. The minimum absolute atomic E-state index is 0.0968. The van der Waals surface area contributed by atoms with Gasteiger partial charge in [0.2, 0.25) is 0 Å². The zero-order valence-electron chi connectivity index (χ0n) is 16.7. The first-order valence-electron chi connectivity index (χ1n) is 9.91. The van der Waals surface area contributed by atoms with Crippen molar-refractivity contribution in [1.82, 2.24) is 4.90 Å². The number of nitrogens with zero attached hydrogens (tertiary/aromatic N) is 1. The molecule has 2 radical (unpaired) electrons. The van der Waals surface area contributed by atoms with Gasteiger partial charge in [-0.25, -0.2) is 4.39 Å². The first-order chi connectivity index (χ1) is 13.5. The van der Waals surface area contributed by atoms with E-state index in [4.69, 9.17) is 12.6 Å². The Bertz CT molecular complexity index is 729. The van der Waals surface area contributed by atoms with Crippen molar-refractivity contribution in [3.63, 3.8) is 0 Å². The number of likely N-dealkylation sites (N-methyl/N-ethyl adjacent to an activating group) is 1. The Labute approximate surface area is 169 Å². The molecule has 0 aromatic heterocycles. The smallest absolute Gasteiger partial charge is 0.172 e. The van der Waals surface area contributed by atoms with Gasteiger partial charge in [-0.2, -0.15) is 0 Å². The van der Waals surface area contributed by atoms with Crippen molar-refractivity contribution in [3.8, 4) is 5.75 Å². The molecule has 28 heavy (non-hydrogen) atoms. The second-order valence-electron chi connectivity index (χ2n) is 7.22. The number of carbonyl (C=O) groups excluding carboxylic acids is 1. The molecule has 0 N–H and O–H groups in total. The molecule has 2 rings (SSSR count). The fourth-order valence-electron chi connectivity index (χ4n) is 3.16. The molecule has 0 aliphatic heterocycles. The van der Waals surface area contributed by atoms with E-state index in [9.17, 15) is 9.18 Å². The predicted octanol–water partition coefficient (Wildman–Crippen LogP) is 4.69. The molecular weight excluding hydrogens is 352 g/mol. The van der Waals surface area contributed by atoms with E-state index < -0.39 is 5.82 Å². The maximum atomic E-state index is 14.4. The minimum Gasteiger partial charge on any atom is -0.493 e. The van der Waals surface area contributed by atoms with Crippen LogP contribution in [0, 0.1) is 11.7 Å². The van der Waals surface area contributed by atoms with E-state index in [2.05, 4.69) is 18.5 Å². The highest BCUT2D eigenvalue weighted by molar-refractivity contribution is 6.23. The van der Waals surface area contributed by atoms with E-state index in [0.29, 0.717) is 24.2 Å². The molecule has 0 fully saturated rings. The molecule has 1 atom stereocenters. The highest BCUT2D eigenvalue weighted by Gasteiger charge is 2.21. The lowest BCUT2D eigenvalue weighted by atomic mass is 9.83. The molecule has 1 aromatic rings. The molecule has 5 heteroatoms. The molecule has 148 valence electrons. The van der Waals surface area contributed by atoms with Crippen LogP contribution >= 0.6 is 0 Å². The Hall–Kier alpha value is -2.14. The lowest BCUT2D eigenvalue weighted by molar-refractivity contribution is 0.0941. The summed E-state index contributed by atoms with van der Waals surface area (Å²) in [6.45, 7) is 6.25. The van der Waals surface area contributed by atoms with Crippen LogP contribution in [-0.2, 0) is 0 Å².